The fourth-order valence-electron chi connectivity index (χ4n) is 2.69. The summed E-state index contributed by atoms with van der Waals surface area (Å²) in [4.78, 5) is 1.44. The molecule has 0 bridgehead atoms. The van der Waals surface area contributed by atoms with Crippen molar-refractivity contribution < 1.29 is 0 Å². The SMILES string of the molecule is CCC(CNC(C)C)(Cc1ccc(Br)s1)c1ccccc1. The molecule has 0 aliphatic carbocycles. The van der Waals surface area contributed by atoms with Gasteiger partial charge in [0.15, 0.2) is 0 Å². The molecule has 2 aromatic rings. The maximum absolute atomic E-state index is 3.66. The van der Waals surface area contributed by atoms with Crippen LogP contribution in [0.25, 0.3) is 0 Å². The second-order valence-corrected chi connectivity index (χ2v) is 8.47. The summed E-state index contributed by atoms with van der Waals surface area (Å²) in [7, 11) is 0. The number of benzene rings is 1. The Morgan fingerprint density at radius 2 is 1.86 bits per heavy atom. The van der Waals surface area contributed by atoms with Crippen molar-refractivity contribution in [2.75, 3.05) is 6.54 Å². The maximum Gasteiger partial charge on any atom is 0.0701 e. The fourth-order valence-corrected chi connectivity index (χ4v) is 4.32. The molecule has 1 atom stereocenters. The highest BCUT2D eigenvalue weighted by molar-refractivity contribution is 9.11. The van der Waals surface area contributed by atoms with Gasteiger partial charge in [-0.25, -0.2) is 0 Å². The first-order valence-electron chi connectivity index (χ1n) is 7.59. The quantitative estimate of drug-likeness (QED) is 0.692. The highest BCUT2D eigenvalue weighted by Gasteiger charge is 2.31. The summed E-state index contributed by atoms with van der Waals surface area (Å²) in [5.41, 5.74) is 1.60. The molecule has 0 saturated heterocycles. The van der Waals surface area contributed by atoms with Gasteiger partial charge in [-0.05, 0) is 46.5 Å². The lowest BCUT2D eigenvalue weighted by Crippen LogP contribution is -2.42. The second kappa shape index (κ2) is 7.57. The van der Waals surface area contributed by atoms with Crippen LogP contribution in [0.5, 0.6) is 0 Å². The molecule has 3 heteroatoms. The summed E-state index contributed by atoms with van der Waals surface area (Å²) in [5.74, 6) is 0. The van der Waals surface area contributed by atoms with E-state index in [1.807, 2.05) is 11.3 Å². The molecule has 0 aliphatic rings. The molecule has 1 heterocycles. The molecule has 21 heavy (non-hydrogen) atoms. The normalized spacial score (nSPS) is 14.3. The van der Waals surface area contributed by atoms with Gasteiger partial charge < -0.3 is 5.32 Å². The average Bonchev–Trinajstić information content (AvgIpc) is 2.89. The zero-order valence-electron chi connectivity index (χ0n) is 13.0. The molecule has 0 spiro atoms. The van der Waals surface area contributed by atoms with Crippen molar-refractivity contribution in [3.05, 3.63) is 56.7 Å². The molecule has 114 valence electrons. The van der Waals surface area contributed by atoms with Gasteiger partial charge >= 0.3 is 0 Å². The summed E-state index contributed by atoms with van der Waals surface area (Å²) >= 11 is 5.43. The van der Waals surface area contributed by atoms with E-state index in [-0.39, 0.29) is 5.41 Å². The average molecular weight is 366 g/mol. The highest BCUT2D eigenvalue weighted by Crippen LogP contribution is 2.35. The predicted molar refractivity (Wildman–Crippen MR) is 97.3 cm³/mol. The van der Waals surface area contributed by atoms with Gasteiger partial charge in [-0.3, -0.25) is 0 Å². The van der Waals surface area contributed by atoms with Gasteiger partial charge in [0.1, 0.15) is 0 Å². The third kappa shape index (κ3) is 4.41. The minimum atomic E-state index is 0.163. The van der Waals surface area contributed by atoms with Crippen LogP contribution >= 0.6 is 27.3 Å². The van der Waals surface area contributed by atoms with Crippen LogP contribution < -0.4 is 5.32 Å². The number of rotatable bonds is 7. The minimum Gasteiger partial charge on any atom is -0.314 e. The van der Waals surface area contributed by atoms with Crippen molar-refractivity contribution in [2.45, 2.75) is 45.1 Å². The minimum absolute atomic E-state index is 0.163. The maximum atomic E-state index is 3.66. The molecular formula is C18H24BrNS. The van der Waals surface area contributed by atoms with E-state index in [9.17, 15) is 0 Å². The first kappa shape index (κ1) is 16.7. The zero-order chi connectivity index (χ0) is 15.3. The first-order valence-corrected chi connectivity index (χ1v) is 9.20. The monoisotopic (exact) mass is 365 g/mol. The van der Waals surface area contributed by atoms with E-state index in [0.29, 0.717) is 6.04 Å². The molecule has 1 unspecified atom stereocenters. The van der Waals surface area contributed by atoms with E-state index in [2.05, 4.69) is 84.5 Å². The van der Waals surface area contributed by atoms with Gasteiger partial charge in [0, 0.05) is 22.9 Å². The topological polar surface area (TPSA) is 12.0 Å². The Bertz CT molecular complexity index is 549. The van der Waals surface area contributed by atoms with Crippen LogP contribution in [0.1, 0.15) is 37.6 Å². The second-order valence-electron chi connectivity index (χ2n) is 5.92. The van der Waals surface area contributed by atoms with Crippen molar-refractivity contribution in [2.24, 2.45) is 0 Å². The summed E-state index contributed by atoms with van der Waals surface area (Å²) in [6.45, 7) is 7.75. The van der Waals surface area contributed by atoms with Crippen LogP contribution in [-0.4, -0.2) is 12.6 Å². The molecule has 0 radical (unpaired) electrons. The van der Waals surface area contributed by atoms with Crippen LogP contribution in [0.2, 0.25) is 0 Å². The Morgan fingerprint density at radius 3 is 2.38 bits per heavy atom. The van der Waals surface area contributed by atoms with E-state index in [0.717, 1.165) is 19.4 Å². The van der Waals surface area contributed by atoms with Gasteiger partial charge in [-0.1, -0.05) is 51.1 Å². The molecule has 0 saturated carbocycles. The summed E-state index contributed by atoms with van der Waals surface area (Å²) < 4.78 is 1.22. The molecule has 0 fully saturated rings. The molecule has 1 nitrogen and oxygen atoms in total. The lowest BCUT2D eigenvalue weighted by atomic mass is 9.74. The number of thiophene rings is 1. The lowest BCUT2D eigenvalue weighted by molar-refractivity contribution is 0.365. The Kier molecular flexibility index (Phi) is 6.03. The van der Waals surface area contributed by atoms with Crippen LogP contribution in [0.4, 0.5) is 0 Å². The Balaban J connectivity index is 2.31. The molecule has 1 aromatic heterocycles. The number of nitrogens with one attached hydrogen (secondary N) is 1. The molecule has 1 N–H and O–H groups in total. The molecular weight excluding hydrogens is 342 g/mol. The van der Waals surface area contributed by atoms with E-state index >= 15 is 0 Å². The number of hydrogen-bond acceptors (Lipinski definition) is 2. The first-order chi connectivity index (χ1) is 10.1. The largest absolute Gasteiger partial charge is 0.314 e. The van der Waals surface area contributed by atoms with Gasteiger partial charge in [0.2, 0.25) is 0 Å². The third-order valence-electron chi connectivity index (χ3n) is 4.05. The van der Waals surface area contributed by atoms with Crippen molar-refractivity contribution in [3.8, 4) is 0 Å². The summed E-state index contributed by atoms with van der Waals surface area (Å²) in [6.07, 6.45) is 2.22. The summed E-state index contributed by atoms with van der Waals surface area (Å²) in [5, 5.41) is 3.66. The van der Waals surface area contributed by atoms with Gasteiger partial charge in [-0.15, -0.1) is 11.3 Å². The van der Waals surface area contributed by atoms with Crippen molar-refractivity contribution in [1.82, 2.24) is 5.32 Å². The molecule has 1 aromatic carbocycles. The Labute approximate surface area is 140 Å². The zero-order valence-corrected chi connectivity index (χ0v) is 15.4. The molecule has 0 amide bonds. The number of hydrogen-bond donors (Lipinski definition) is 1. The van der Waals surface area contributed by atoms with E-state index < -0.39 is 0 Å². The Hall–Kier alpha value is -0.640. The molecule has 0 aliphatic heterocycles. The summed E-state index contributed by atoms with van der Waals surface area (Å²) in [6, 6.07) is 15.9. The van der Waals surface area contributed by atoms with Crippen molar-refractivity contribution in [1.29, 1.82) is 0 Å². The lowest BCUT2D eigenvalue weighted by Gasteiger charge is -2.34. The Morgan fingerprint density at radius 1 is 1.14 bits per heavy atom. The van der Waals surface area contributed by atoms with Crippen LogP contribution in [0.3, 0.4) is 0 Å². The van der Waals surface area contributed by atoms with E-state index in [1.54, 1.807) is 0 Å². The van der Waals surface area contributed by atoms with E-state index in [4.69, 9.17) is 0 Å². The van der Waals surface area contributed by atoms with Gasteiger partial charge in [-0.2, -0.15) is 0 Å². The standard InChI is InChI=1S/C18H24BrNS/c1-4-18(13-20-14(2)3,15-8-6-5-7-9-15)12-16-10-11-17(19)21-16/h5-11,14,20H,4,12-13H2,1-3H3. The van der Waals surface area contributed by atoms with Crippen molar-refractivity contribution in [3.63, 3.8) is 0 Å². The van der Waals surface area contributed by atoms with Crippen LogP contribution in [-0.2, 0) is 11.8 Å². The molecule has 2 rings (SSSR count). The van der Waals surface area contributed by atoms with Crippen LogP contribution in [0, 0.1) is 0 Å². The van der Waals surface area contributed by atoms with Gasteiger partial charge in [0.25, 0.3) is 0 Å². The highest BCUT2D eigenvalue weighted by atomic mass is 79.9. The van der Waals surface area contributed by atoms with Crippen LogP contribution in [0.15, 0.2) is 46.3 Å². The number of halogens is 1. The van der Waals surface area contributed by atoms with E-state index in [1.165, 1.54) is 14.2 Å². The smallest absolute Gasteiger partial charge is 0.0701 e. The predicted octanol–water partition coefficient (Wildman–Crippen LogP) is 5.40. The van der Waals surface area contributed by atoms with Crippen molar-refractivity contribution >= 4 is 27.3 Å². The third-order valence-corrected chi connectivity index (χ3v) is 5.68. The van der Waals surface area contributed by atoms with Gasteiger partial charge in [0.05, 0.1) is 3.79 Å². The fraction of sp³-hybridized carbons (Fsp3) is 0.444.